The highest BCUT2D eigenvalue weighted by Crippen LogP contribution is 2.35. The number of piperidine rings is 1. The number of rotatable bonds is 3. The summed E-state index contributed by atoms with van der Waals surface area (Å²) in [6.45, 7) is 1.58. The zero-order chi connectivity index (χ0) is 20.4. The topological polar surface area (TPSA) is 80.8 Å². The number of pyridine rings is 1. The van der Waals surface area contributed by atoms with E-state index in [1.165, 1.54) is 18.3 Å². The number of urea groups is 1. The van der Waals surface area contributed by atoms with Gasteiger partial charge >= 0.3 is 6.03 Å². The zero-order valence-corrected chi connectivity index (χ0v) is 16.2. The molecule has 0 saturated carbocycles. The van der Waals surface area contributed by atoms with Crippen molar-refractivity contribution in [2.45, 2.75) is 12.8 Å². The van der Waals surface area contributed by atoms with Crippen LogP contribution in [0.2, 0.25) is 5.02 Å². The molecule has 29 heavy (non-hydrogen) atoms. The van der Waals surface area contributed by atoms with Crippen molar-refractivity contribution < 1.29 is 23.5 Å². The van der Waals surface area contributed by atoms with Crippen LogP contribution in [0.1, 0.15) is 23.2 Å². The third-order valence-corrected chi connectivity index (χ3v) is 5.27. The second-order valence-electron chi connectivity index (χ2n) is 6.87. The van der Waals surface area contributed by atoms with Gasteiger partial charge in [-0.2, -0.15) is 0 Å². The van der Waals surface area contributed by atoms with Gasteiger partial charge in [0, 0.05) is 30.2 Å². The molecule has 2 amide bonds. The minimum absolute atomic E-state index is 0.0397. The van der Waals surface area contributed by atoms with Crippen LogP contribution in [0.15, 0.2) is 30.5 Å². The van der Waals surface area contributed by atoms with Crippen LogP contribution in [-0.4, -0.2) is 48.0 Å². The van der Waals surface area contributed by atoms with Crippen molar-refractivity contribution in [2.24, 2.45) is 5.92 Å². The molecule has 2 aliphatic rings. The van der Waals surface area contributed by atoms with Gasteiger partial charge in [0.05, 0.1) is 11.3 Å². The number of Topliss-reactive ketones (excluding diaryl/α,β-unsaturated/α-hetero) is 1. The maximum Gasteiger partial charge on any atom is 0.321 e. The number of anilines is 1. The molecule has 2 aromatic rings. The molecule has 152 valence electrons. The van der Waals surface area contributed by atoms with Crippen molar-refractivity contribution in [3.05, 3.63) is 46.9 Å². The third-order valence-electron chi connectivity index (χ3n) is 5.03. The van der Waals surface area contributed by atoms with Gasteiger partial charge in [0.25, 0.3) is 5.88 Å². The fourth-order valence-corrected chi connectivity index (χ4v) is 3.66. The van der Waals surface area contributed by atoms with Crippen LogP contribution in [0.5, 0.6) is 11.6 Å². The summed E-state index contributed by atoms with van der Waals surface area (Å²) in [5.74, 6) is -0.445. The number of nitrogens with zero attached hydrogens (tertiary/aromatic N) is 2. The van der Waals surface area contributed by atoms with E-state index in [9.17, 15) is 14.0 Å². The van der Waals surface area contributed by atoms with Crippen LogP contribution < -0.4 is 14.8 Å². The summed E-state index contributed by atoms with van der Waals surface area (Å²) in [5, 5.41) is 3.06. The Balaban J connectivity index is 1.37. The van der Waals surface area contributed by atoms with E-state index in [0.717, 1.165) is 6.07 Å². The number of ether oxygens (including phenoxy) is 2. The van der Waals surface area contributed by atoms with Crippen LogP contribution in [0.3, 0.4) is 0 Å². The van der Waals surface area contributed by atoms with Crippen molar-refractivity contribution in [1.29, 1.82) is 0 Å². The molecule has 0 spiro atoms. The first kappa shape index (κ1) is 19.4. The maximum atomic E-state index is 14.0. The Morgan fingerprint density at radius 2 is 1.93 bits per heavy atom. The van der Waals surface area contributed by atoms with Gasteiger partial charge in [0.2, 0.25) is 5.75 Å². The van der Waals surface area contributed by atoms with Gasteiger partial charge in [0.15, 0.2) is 5.78 Å². The summed E-state index contributed by atoms with van der Waals surface area (Å²) in [5.41, 5.74) is 0.527. The van der Waals surface area contributed by atoms with E-state index < -0.39 is 5.82 Å². The standard InChI is InChI=1S/C20H19ClFN3O4/c21-13-1-2-14(15(22)11-13)17(26)12-4-7-25(8-5-12)20(27)24-16-3-6-23-19-18(16)28-9-10-29-19/h1-3,6,11-12H,4-5,7-10H2,(H,23,24,27). The van der Waals surface area contributed by atoms with Gasteiger partial charge < -0.3 is 19.7 Å². The summed E-state index contributed by atoms with van der Waals surface area (Å²) in [6, 6.07) is 5.40. The number of carbonyl (C=O) groups excluding carboxylic acids is 2. The first-order valence-corrected chi connectivity index (χ1v) is 9.70. The normalized spacial score (nSPS) is 16.4. The highest BCUT2D eigenvalue weighted by atomic mass is 35.5. The van der Waals surface area contributed by atoms with Crippen LogP contribution in [0.4, 0.5) is 14.9 Å². The molecule has 1 aromatic heterocycles. The van der Waals surface area contributed by atoms with E-state index in [1.54, 1.807) is 11.0 Å². The number of hydrogen-bond acceptors (Lipinski definition) is 5. The smallest absolute Gasteiger partial charge is 0.321 e. The Bertz CT molecular complexity index is 947. The summed E-state index contributed by atoms with van der Waals surface area (Å²) < 4.78 is 25.0. The molecule has 1 fully saturated rings. The Labute approximate surface area is 171 Å². The van der Waals surface area contributed by atoms with Crippen molar-refractivity contribution in [2.75, 3.05) is 31.6 Å². The van der Waals surface area contributed by atoms with Gasteiger partial charge in [-0.1, -0.05) is 11.6 Å². The second-order valence-corrected chi connectivity index (χ2v) is 7.31. The molecule has 0 radical (unpaired) electrons. The number of halogens is 2. The van der Waals surface area contributed by atoms with Crippen LogP contribution in [-0.2, 0) is 0 Å². The second kappa shape index (κ2) is 8.24. The van der Waals surface area contributed by atoms with Crippen molar-refractivity contribution in [3.63, 3.8) is 0 Å². The van der Waals surface area contributed by atoms with Crippen molar-refractivity contribution in [3.8, 4) is 11.6 Å². The number of fused-ring (bicyclic) bond motifs is 1. The monoisotopic (exact) mass is 419 g/mol. The number of benzene rings is 1. The minimum atomic E-state index is -0.618. The first-order valence-electron chi connectivity index (χ1n) is 9.32. The molecule has 7 nitrogen and oxygen atoms in total. The number of likely N-dealkylation sites (tertiary alicyclic amines) is 1. The quantitative estimate of drug-likeness (QED) is 0.766. The first-order chi connectivity index (χ1) is 14.0. The molecule has 1 saturated heterocycles. The van der Waals surface area contributed by atoms with E-state index in [4.69, 9.17) is 21.1 Å². The van der Waals surface area contributed by atoms with E-state index >= 15 is 0 Å². The third kappa shape index (κ3) is 4.12. The molecule has 3 heterocycles. The largest absolute Gasteiger partial charge is 0.483 e. The lowest BCUT2D eigenvalue weighted by Gasteiger charge is -2.31. The van der Waals surface area contributed by atoms with E-state index in [0.29, 0.717) is 56.5 Å². The van der Waals surface area contributed by atoms with E-state index in [2.05, 4.69) is 10.3 Å². The number of carbonyl (C=O) groups is 2. The molecule has 0 atom stereocenters. The number of amides is 2. The highest BCUT2D eigenvalue weighted by Gasteiger charge is 2.30. The Morgan fingerprint density at radius 1 is 1.17 bits per heavy atom. The van der Waals surface area contributed by atoms with Crippen molar-refractivity contribution in [1.82, 2.24) is 9.88 Å². The summed E-state index contributed by atoms with van der Waals surface area (Å²) in [4.78, 5) is 31.0. The zero-order valence-electron chi connectivity index (χ0n) is 15.5. The van der Waals surface area contributed by atoms with E-state index in [1.807, 2.05) is 0 Å². The molecule has 4 rings (SSSR count). The lowest BCUT2D eigenvalue weighted by atomic mass is 9.89. The molecule has 0 aliphatic carbocycles. The molecular weight excluding hydrogens is 401 g/mol. The maximum absolute atomic E-state index is 14.0. The Hall–Kier alpha value is -2.87. The van der Waals surface area contributed by atoms with Crippen LogP contribution in [0.25, 0.3) is 0 Å². The SMILES string of the molecule is O=C(c1ccc(Cl)cc1F)C1CCN(C(=O)Nc2ccnc3c2OCCO3)CC1. The van der Waals surface area contributed by atoms with Crippen molar-refractivity contribution >= 4 is 29.1 Å². The number of ketones is 1. The fourth-order valence-electron chi connectivity index (χ4n) is 3.50. The lowest BCUT2D eigenvalue weighted by molar-refractivity contribution is 0.0855. The predicted molar refractivity (Wildman–Crippen MR) is 104 cm³/mol. The minimum Gasteiger partial charge on any atom is -0.483 e. The number of hydrogen-bond donors (Lipinski definition) is 1. The molecular formula is C20H19ClFN3O4. The van der Waals surface area contributed by atoms with Gasteiger partial charge in [-0.05, 0) is 37.1 Å². The molecule has 0 bridgehead atoms. The van der Waals surface area contributed by atoms with Gasteiger partial charge in [-0.15, -0.1) is 0 Å². The molecule has 2 aliphatic heterocycles. The summed E-state index contributed by atoms with van der Waals surface area (Å²) >= 11 is 5.75. The molecule has 1 aromatic carbocycles. The predicted octanol–water partition coefficient (Wildman–Crippen LogP) is 3.77. The Morgan fingerprint density at radius 3 is 2.69 bits per heavy atom. The average molecular weight is 420 g/mol. The molecule has 9 heteroatoms. The van der Waals surface area contributed by atoms with Crippen LogP contribution in [0, 0.1) is 11.7 Å². The summed E-state index contributed by atoms with van der Waals surface area (Å²) in [7, 11) is 0. The lowest BCUT2D eigenvalue weighted by Crippen LogP contribution is -2.42. The number of aromatic nitrogens is 1. The van der Waals surface area contributed by atoms with Gasteiger partial charge in [-0.25, -0.2) is 14.2 Å². The van der Waals surface area contributed by atoms with Gasteiger partial charge in [-0.3, -0.25) is 4.79 Å². The summed E-state index contributed by atoms with van der Waals surface area (Å²) in [6.07, 6.45) is 2.46. The van der Waals surface area contributed by atoms with Gasteiger partial charge in [0.1, 0.15) is 19.0 Å². The van der Waals surface area contributed by atoms with E-state index in [-0.39, 0.29) is 28.3 Å². The molecule has 0 unspecified atom stereocenters. The number of nitrogens with one attached hydrogen (secondary N) is 1. The van der Waals surface area contributed by atoms with Crippen LogP contribution >= 0.6 is 11.6 Å². The fraction of sp³-hybridized carbons (Fsp3) is 0.350. The Kier molecular flexibility index (Phi) is 5.53. The average Bonchev–Trinajstić information content (AvgIpc) is 2.74. The highest BCUT2D eigenvalue weighted by molar-refractivity contribution is 6.30. The molecule has 1 N–H and O–H groups in total.